The number of nitrogens with one attached hydrogen (secondary N) is 1. The highest BCUT2D eigenvalue weighted by Gasteiger charge is 2.52. The first-order valence-electron chi connectivity index (χ1n) is 15.2. The van der Waals surface area contributed by atoms with E-state index in [2.05, 4.69) is 34.0 Å². The molecule has 1 saturated heterocycles. The molecule has 0 bridgehead atoms. The van der Waals surface area contributed by atoms with Crippen LogP contribution in [0.2, 0.25) is 0 Å². The summed E-state index contributed by atoms with van der Waals surface area (Å²) in [4.78, 5) is 28.6. The van der Waals surface area contributed by atoms with Crippen molar-refractivity contribution in [2.75, 3.05) is 30.1 Å². The SMILES string of the molecule is CCC[C@@H](CC)N(CNc1cc(OC[C@@H]2COC(C)(C)O2)ncn1)c1nc(C(=O)C[C@@H]2CC2[C@H](C)C(F)(F)F)ccc1C. The second-order valence-electron chi connectivity index (χ2n) is 12.1. The minimum Gasteiger partial charge on any atom is -0.475 e. The van der Waals surface area contributed by atoms with Gasteiger partial charge in [-0.15, -0.1) is 0 Å². The van der Waals surface area contributed by atoms with Gasteiger partial charge in [-0.2, -0.15) is 13.2 Å². The number of halogens is 3. The van der Waals surface area contributed by atoms with E-state index in [-0.39, 0.29) is 36.0 Å². The smallest absolute Gasteiger partial charge is 0.391 e. The normalized spacial score (nSPS) is 22.6. The number of alkyl halides is 3. The molecular formula is C31H44F3N5O4. The minimum atomic E-state index is -4.24. The zero-order valence-corrected chi connectivity index (χ0v) is 25.9. The largest absolute Gasteiger partial charge is 0.475 e. The Kier molecular flexibility index (Phi) is 10.5. The summed E-state index contributed by atoms with van der Waals surface area (Å²) in [5, 5.41) is 3.36. The van der Waals surface area contributed by atoms with Crippen molar-refractivity contribution in [2.45, 2.75) is 97.8 Å². The minimum absolute atomic E-state index is 0.0736. The second-order valence-corrected chi connectivity index (χ2v) is 12.1. The molecule has 238 valence electrons. The van der Waals surface area contributed by atoms with Gasteiger partial charge < -0.3 is 24.4 Å². The summed E-state index contributed by atoms with van der Waals surface area (Å²) in [6.45, 7) is 12.2. The van der Waals surface area contributed by atoms with E-state index in [0.717, 1.165) is 24.8 Å². The molecule has 43 heavy (non-hydrogen) atoms. The van der Waals surface area contributed by atoms with Crippen LogP contribution in [0.4, 0.5) is 24.8 Å². The number of aryl methyl sites for hydroxylation is 1. The Morgan fingerprint density at radius 3 is 2.67 bits per heavy atom. The Morgan fingerprint density at radius 1 is 1.26 bits per heavy atom. The van der Waals surface area contributed by atoms with Gasteiger partial charge in [0.25, 0.3) is 0 Å². The third kappa shape index (κ3) is 8.78. The molecule has 2 aromatic heterocycles. The highest BCUT2D eigenvalue weighted by molar-refractivity contribution is 5.95. The monoisotopic (exact) mass is 607 g/mol. The van der Waals surface area contributed by atoms with Gasteiger partial charge in [-0.05, 0) is 63.5 Å². The maximum atomic E-state index is 13.1. The highest BCUT2D eigenvalue weighted by atomic mass is 19.4. The first-order valence-corrected chi connectivity index (χ1v) is 15.2. The van der Waals surface area contributed by atoms with Gasteiger partial charge in [-0.3, -0.25) is 4.79 Å². The number of hydrogen-bond donors (Lipinski definition) is 1. The van der Waals surface area contributed by atoms with Crippen molar-refractivity contribution in [1.82, 2.24) is 15.0 Å². The number of ketones is 1. The molecule has 12 heteroatoms. The average molecular weight is 608 g/mol. The molecule has 1 N–H and O–H groups in total. The van der Waals surface area contributed by atoms with Crippen LogP contribution in [0.1, 0.15) is 82.8 Å². The zero-order valence-electron chi connectivity index (χ0n) is 25.9. The lowest BCUT2D eigenvalue weighted by atomic mass is 10.0. The van der Waals surface area contributed by atoms with Gasteiger partial charge in [-0.25, -0.2) is 15.0 Å². The van der Waals surface area contributed by atoms with Gasteiger partial charge in [-0.1, -0.05) is 33.3 Å². The lowest BCUT2D eigenvalue weighted by molar-refractivity contribution is -0.176. The number of nitrogens with zero attached hydrogens (tertiary/aromatic N) is 4. The predicted octanol–water partition coefficient (Wildman–Crippen LogP) is 6.57. The number of carbonyl (C=O) groups is 1. The van der Waals surface area contributed by atoms with Gasteiger partial charge in [0, 0.05) is 18.5 Å². The molecule has 1 aliphatic heterocycles. The summed E-state index contributed by atoms with van der Waals surface area (Å²) in [5.41, 5.74) is 1.18. The van der Waals surface area contributed by atoms with Gasteiger partial charge in [0.15, 0.2) is 11.6 Å². The van der Waals surface area contributed by atoms with Crippen LogP contribution in [0.25, 0.3) is 0 Å². The van der Waals surface area contributed by atoms with E-state index >= 15 is 0 Å². The number of rotatable bonds is 15. The van der Waals surface area contributed by atoms with Gasteiger partial charge >= 0.3 is 6.18 Å². The Hall–Kier alpha value is -2.99. The van der Waals surface area contributed by atoms with E-state index in [1.807, 2.05) is 26.8 Å². The molecule has 2 aromatic rings. The molecule has 1 unspecified atom stereocenters. The van der Waals surface area contributed by atoms with E-state index in [0.29, 0.717) is 43.8 Å². The fraction of sp³-hybridized carbons (Fsp3) is 0.677. The molecule has 3 heterocycles. The van der Waals surface area contributed by atoms with Crippen LogP contribution in [0.3, 0.4) is 0 Å². The van der Waals surface area contributed by atoms with E-state index in [9.17, 15) is 18.0 Å². The number of Topliss-reactive ketones (excluding diaryl/α,β-unsaturated/α-hetero) is 1. The molecule has 0 amide bonds. The molecule has 0 spiro atoms. The van der Waals surface area contributed by atoms with Crippen molar-refractivity contribution in [2.24, 2.45) is 17.8 Å². The van der Waals surface area contributed by atoms with Crippen LogP contribution in [-0.4, -0.2) is 64.7 Å². The number of aromatic nitrogens is 3. The molecule has 2 aliphatic rings. The zero-order chi connectivity index (χ0) is 31.4. The van der Waals surface area contributed by atoms with Crippen LogP contribution in [-0.2, 0) is 9.47 Å². The van der Waals surface area contributed by atoms with Gasteiger partial charge in [0.1, 0.15) is 36.4 Å². The van der Waals surface area contributed by atoms with Crippen molar-refractivity contribution in [3.05, 3.63) is 35.8 Å². The van der Waals surface area contributed by atoms with E-state index in [1.165, 1.54) is 13.3 Å². The molecule has 4 rings (SSSR count). The summed E-state index contributed by atoms with van der Waals surface area (Å²) in [7, 11) is 0. The summed E-state index contributed by atoms with van der Waals surface area (Å²) in [6.07, 6.45) is 0.202. The number of ether oxygens (including phenoxy) is 3. The third-order valence-corrected chi connectivity index (χ3v) is 8.30. The van der Waals surface area contributed by atoms with Crippen molar-refractivity contribution in [3.8, 4) is 5.88 Å². The molecule has 5 atom stereocenters. The molecule has 0 radical (unpaired) electrons. The Morgan fingerprint density at radius 2 is 2.02 bits per heavy atom. The van der Waals surface area contributed by atoms with Crippen LogP contribution < -0.4 is 15.0 Å². The van der Waals surface area contributed by atoms with Crippen molar-refractivity contribution in [1.29, 1.82) is 0 Å². The molecule has 9 nitrogen and oxygen atoms in total. The molecular weight excluding hydrogens is 563 g/mol. The molecule has 2 fully saturated rings. The lowest BCUT2D eigenvalue weighted by Crippen LogP contribution is -2.40. The highest BCUT2D eigenvalue weighted by Crippen LogP contribution is 2.51. The van der Waals surface area contributed by atoms with Crippen LogP contribution in [0.5, 0.6) is 5.88 Å². The quantitative estimate of drug-likeness (QED) is 0.178. The average Bonchev–Trinajstić information content (AvgIpc) is 3.63. The Labute approximate surface area is 251 Å². The van der Waals surface area contributed by atoms with Crippen LogP contribution in [0, 0.1) is 24.7 Å². The topological polar surface area (TPSA) is 98.7 Å². The number of carbonyl (C=O) groups excluding carboxylic acids is 1. The third-order valence-electron chi connectivity index (χ3n) is 8.30. The number of anilines is 2. The second kappa shape index (κ2) is 13.8. The first-order chi connectivity index (χ1) is 20.3. The van der Waals surface area contributed by atoms with E-state index < -0.39 is 23.8 Å². The fourth-order valence-corrected chi connectivity index (χ4v) is 5.66. The Balaban J connectivity index is 1.45. The predicted molar refractivity (Wildman–Crippen MR) is 157 cm³/mol. The van der Waals surface area contributed by atoms with Gasteiger partial charge in [0.05, 0.1) is 19.2 Å². The van der Waals surface area contributed by atoms with Crippen LogP contribution >= 0.6 is 0 Å². The summed E-state index contributed by atoms with van der Waals surface area (Å²) >= 11 is 0. The summed E-state index contributed by atoms with van der Waals surface area (Å²) in [5.74, 6) is -1.39. The fourth-order valence-electron chi connectivity index (χ4n) is 5.66. The summed E-state index contributed by atoms with van der Waals surface area (Å²) in [6, 6.07) is 5.38. The van der Waals surface area contributed by atoms with Crippen molar-refractivity contribution < 1.29 is 32.2 Å². The standard InChI is InChI=1S/C31H44F3N5O4/c1-7-9-22(8-2)39(18-37-27-14-28(36-17-35-27)41-15-23-16-42-30(5,6)43-23)29-19(3)10-11-25(38-29)26(40)13-21-12-24(21)20(4)31(32,33)34/h10-11,14,17,20-24H,7-9,12-13,15-16,18H2,1-6H3,(H,35,36,37)/t20-,21-,22+,23+,24?/m0/s1. The maximum Gasteiger partial charge on any atom is 0.391 e. The first kappa shape index (κ1) is 32.9. The number of hydrogen-bond acceptors (Lipinski definition) is 9. The number of pyridine rings is 1. The maximum absolute atomic E-state index is 13.1. The van der Waals surface area contributed by atoms with Crippen LogP contribution in [0.15, 0.2) is 24.5 Å². The van der Waals surface area contributed by atoms with Crippen molar-refractivity contribution in [3.63, 3.8) is 0 Å². The molecule has 1 saturated carbocycles. The molecule has 1 aliphatic carbocycles. The van der Waals surface area contributed by atoms with E-state index in [1.54, 1.807) is 12.1 Å². The van der Waals surface area contributed by atoms with E-state index in [4.69, 9.17) is 19.2 Å². The Bertz CT molecular complexity index is 1240. The van der Waals surface area contributed by atoms with Gasteiger partial charge in [0.2, 0.25) is 5.88 Å². The van der Waals surface area contributed by atoms with Crippen molar-refractivity contribution >= 4 is 17.4 Å². The lowest BCUT2D eigenvalue weighted by Gasteiger charge is -2.33. The summed E-state index contributed by atoms with van der Waals surface area (Å²) < 4.78 is 56.6. The molecule has 0 aromatic carbocycles.